The normalized spacial score (nSPS) is 11.4. The largest absolute Gasteiger partial charge is 1.00 e. The number of carbonyl (C=O) groups excluding carboxylic acids is 1. The van der Waals surface area contributed by atoms with Crippen molar-refractivity contribution in [3.05, 3.63) is 0 Å². The summed E-state index contributed by atoms with van der Waals surface area (Å²) in [7, 11) is 0. The molecular formula is C5H6Na2O9. The van der Waals surface area contributed by atoms with E-state index in [2.05, 4.69) is 0 Å². The molecule has 0 rings (SSSR count). The van der Waals surface area contributed by atoms with Crippen LogP contribution < -0.4 is 69.3 Å². The molecule has 11 heteroatoms. The van der Waals surface area contributed by atoms with Crippen LogP contribution in [0.4, 0.5) is 4.79 Å². The first-order chi connectivity index (χ1) is 6.20. The number of carbonyl (C=O) groups is 3. The quantitative estimate of drug-likeness (QED) is 0.356. The molecular weight excluding hydrogens is 250 g/mol. The van der Waals surface area contributed by atoms with Crippen molar-refractivity contribution in [3.8, 4) is 0 Å². The fourth-order valence-electron chi connectivity index (χ4n) is 0.270. The number of aliphatic hydroxyl groups excluding tert-OH is 2. The van der Waals surface area contributed by atoms with Gasteiger partial charge in [0.1, 0.15) is 0 Å². The maximum atomic E-state index is 9.77. The van der Waals surface area contributed by atoms with Gasteiger partial charge < -0.3 is 35.4 Å². The van der Waals surface area contributed by atoms with E-state index in [4.69, 9.17) is 35.4 Å². The van der Waals surface area contributed by atoms with Gasteiger partial charge in [-0.3, -0.25) is 0 Å². The van der Waals surface area contributed by atoms with Gasteiger partial charge >= 0.3 is 71.1 Å². The predicted molar refractivity (Wildman–Crippen MR) is 32.7 cm³/mol. The van der Waals surface area contributed by atoms with Crippen molar-refractivity contribution in [3.63, 3.8) is 0 Å². The van der Waals surface area contributed by atoms with Gasteiger partial charge in [-0.15, -0.1) is 0 Å². The SMILES string of the molecule is O=C(O)[C@H](O)[C@@H](O)C(=O)O.O=C([O-])[O-].[Na+].[Na+]. The van der Waals surface area contributed by atoms with Crippen LogP contribution in [-0.2, 0) is 9.59 Å². The third-order valence-electron chi connectivity index (χ3n) is 0.805. The van der Waals surface area contributed by atoms with Gasteiger partial charge in [-0.25, -0.2) is 9.59 Å². The summed E-state index contributed by atoms with van der Waals surface area (Å²) in [4.78, 5) is 27.9. The average Bonchev–Trinajstić information content (AvgIpc) is 2.00. The van der Waals surface area contributed by atoms with Gasteiger partial charge in [-0.1, -0.05) is 0 Å². The van der Waals surface area contributed by atoms with Gasteiger partial charge in [0.25, 0.3) is 0 Å². The molecule has 0 heterocycles. The number of carboxylic acid groups (broad SMARTS) is 4. The molecule has 0 aliphatic rings. The van der Waals surface area contributed by atoms with E-state index in [1.165, 1.54) is 0 Å². The van der Waals surface area contributed by atoms with Crippen molar-refractivity contribution < 1.29 is 104 Å². The van der Waals surface area contributed by atoms with Crippen molar-refractivity contribution >= 4 is 18.1 Å². The van der Waals surface area contributed by atoms with Gasteiger partial charge in [-0.2, -0.15) is 0 Å². The van der Waals surface area contributed by atoms with Crippen molar-refractivity contribution in [2.75, 3.05) is 0 Å². The van der Waals surface area contributed by atoms with Crippen LogP contribution >= 0.6 is 0 Å². The summed E-state index contributed by atoms with van der Waals surface area (Å²) in [5.74, 6) is -3.54. The number of hydrogen-bond acceptors (Lipinski definition) is 7. The summed E-state index contributed by atoms with van der Waals surface area (Å²) >= 11 is 0. The molecule has 0 saturated heterocycles. The Bertz CT molecular complexity index is 208. The number of aliphatic hydroxyl groups is 2. The molecule has 0 aliphatic heterocycles. The summed E-state index contributed by atoms with van der Waals surface area (Å²) in [6.07, 6.45) is -6.87. The van der Waals surface area contributed by atoms with E-state index in [1.807, 2.05) is 0 Å². The monoisotopic (exact) mass is 256 g/mol. The standard InChI is InChI=1S/C4H6O6.CH2O3.2Na/c5-1(3(7)8)2(6)4(9)10;2-1(3)4;;/h1-2,5-6H,(H,7,8)(H,9,10);(H2,2,3,4);;/q;;2*+1/p-2/t1-,2-;;;/m1.../s1. The molecule has 0 bridgehead atoms. The Kier molecular flexibility index (Phi) is 20.7. The maximum Gasteiger partial charge on any atom is 1.00 e. The topological polar surface area (TPSA) is 178 Å². The van der Waals surface area contributed by atoms with E-state index in [-0.39, 0.29) is 59.1 Å². The first kappa shape index (κ1) is 25.1. The minimum absolute atomic E-state index is 0. The van der Waals surface area contributed by atoms with Gasteiger partial charge in [0, 0.05) is 0 Å². The van der Waals surface area contributed by atoms with Gasteiger partial charge in [-0.05, 0) is 6.16 Å². The summed E-state index contributed by atoms with van der Waals surface area (Å²) < 4.78 is 0. The van der Waals surface area contributed by atoms with Crippen LogP contribution in [0.5, 0.6) is 0 Å². The number of hydrogen-bond donors (Lipinski definition) is 4. The third-order valence-corrected chi connectivity index (χ3v) is 0.805. The number of rotatable bonds is 3. The zero-order chi connectivity index (χ0) is 11.9. The molecule has 0 fully saturated rings. The van der Waals surface area contributed by atoms with Gasteiger partial charge in [0.15, 0.2) is 12.2 Å². The molecule has 0 spiro atoms. The van der Waals surface area contributed by atoms with E-state index in [0.717, 1.165) is 0 Å². The summed E-state index contributed by atoms with van der Waals surface area (Å²) in [5, 5.41) is 49.2. The van der Waals surface area contributed by atoms with Gasteiger partial charge in [0.05, 0.1) is 0 Å². The minimum atomic E-state index is -2.33. The molecule has 0 aromatic rings. The summed E-state index contributed by atoms with van der Waals surface area (Å²) in [6, 6.07) is 0. The Balaban J connectivity index is -0.000000105. The first-order valence-corrected chi connectivity index (χ1v) is 2.89. The Morgan fingerprint density at radius 2 is 0.938 bits per heavy atom. The molecule has 16 heavy (non-hydrogen) atoms. The molecule has 0 aromatic carbocycles. The van der Waals surface area contributed by atoms with Crippen LogP contribution in [0.2, 0.25) is 0 Å². The van der Waals surface area contributed by atoms with Gasteiger partial charge in [0.2, 0.25) is 0 Å². The maximum absolute atomic E-state index is 9.77. The minimum Gasteiger partial charge on any atom is -0.652 e. The second-order valence-corrected chi connectivity index (χ2v) is 1.82. The Morgan fingerprint density at radius 3 is 1.00 bits per heavy atom. The average molecular weight is 256 g/mol. The van der Waals surface area contributed by atoms with E-state index in [0.29, 0.717) is 0 Å². The smallest absolute Gasteiger partial charge is 0.652 e. The molecule has 0 radical (unpaired) electrons. The molecule has 9 nitrogen and oxygen atoms in total. The second kappa shape index (κ2) is 13.2. The molecule has 0 aromatic heterocycles. The molecule has 82 valence electrons. The summed E-state index contributed by atoms with van der Waals surface area (Å²) in [5.41, 5.74) is 0. The van der Waals surface area contributed by atoms with E-state index < -0.39 is 30.3 Å². The molecule has 0 aliphatic carbocycles. The van der Waals surface area contributed by atoms with E-state index in [1.54, 1.807) is 0 Å². The Hall–Kier alpha value is 0.130. The third kappa shape index (κ3) is 16.6. The van der Waals surface area contributed by atoms with Crippen molar-refractivity contribution in [1.29, 1.82) is 0 Å². The number of carboxylic acids is 2. The second-order valence-electron chi connectivity index (χ2n) is 1.82. The summed E-state index contributed by atoms with van der Waals surface area (Å²) in [6.45, 7) is 0. The predicted octanol–water partition coefficient (Wildman–Crippen LogP) is -10.6. The van der Waals surface area contributed by atoms with Crippen LogP contribution in [0, 0.1) is 0 Å². The molecule has 0 unspecified atom stereocenters. The zero-order valence-corrected chi connectivity index (χ0v) is 12.5. The van der Waals surface area contributed by atoms with Crippen molar-refractivity contribution in [2.45, 2.75) is 12.2 Å². The van der Waals surface area contributed by atoms with Crippen LogP contribution in [0.25, 0.3) is 0 Å². The van der Waals surface area contributed by atoms with E-state index in [9.17, 15) is 9.59 Å². The fraction of sp³-hybridized carbons (Fsp3) is 0.400. The Labute approximate surface area is 133 Å². The van der Waals surface area contributed by atoms with E-state index >= 15 is 0 Å². The molecule has 0 amide bonds. The van der Waals surface area contributed by atoms with Crippen LogP contribution in [0.1, 0.15) is 0 Å². The Morgan fingerprint density at radius 1 is 0.812 bits per heavy atom. The number of aliphatic carboxylic acids is 2. The first-order valence-electron chi connectivity index (χ1n) is 2.89. The molecule has 0 saturated carbocycles. The van der Waals surface area contributed by atoms with Crippen LogP contribution in [0.15, 0.2) is 0 Å². The van der Waals surface area contributed by atoms with Crippen LogP contribution in [-0.4, -0.2) is 50.7 Å². The molecule has 2 atom stereocenters. The van der Waals surface area contributed by atoms with Crippen molar-refractivity contribution in [1.82, 2.24) is 0 Å². The zero-order valence-electron chi connectivity index (χ0n) is 8.48. The molecule has 4 N–H and O–H groups in total. The van der Waals surface area contributed by atoms with Crippen LogP contribution in [0.3, 0.4) is 0 Å². The fourth-order valence-corrected chi connectivity index (χ4v) is 0.270. The van der Waals surface area contributed by atoms with Crippen molar-refractivity contribution in [2.24, 2.45) is 0 Å².